The molecule has 1 N–H and O–H groups in total. The largest absolute Gasteiger partial charge is 0.507 e. The Balaban J connectivity index is 2.61. The Bertz CT molecular complexity index is 640. The van der Waals surface area contributed by atoms with Crippen LogP contribution in [0.15, 0.2) is 17.7 Å². The van der Waals surface area contributed by atoms with Crippen molar-refractivity contribution in [2.45, 2.75) is 58.8 Å². The van der Waals surface area contributed by atoms with Gasteiger partial charge in [-0.25, -0.2) is 5.06 Å². The molecule has 4 heteroatoms. The summed E-state index contributed by atoms with van der Waals surface area (Å²) in [5, 5.41) is 12.1. The van der Waals surface area contributed by atoms with Crippen molar-refractivity contribution in [3.8, 4) is 5.75 Å². The maximum absolute atomic E-state index is 12.2. The average Bonchev–Trinajstić information content (AvgIpc) is 2.43. The number of likely N-dealkylation sites (N-methyl/N-ethyl adjacent to an activating group) is 1. The Morgan fingerprint density at radius 2 is 1.58 bits per heavy atom. The number of hydrogen-bond acceptors (Lipinski definition) is 3. The Kier molecular flexibility index (Phi) is 4.82. The number of carbonyl (C=O) groups excluding carboxylic acids is 1. The van der Waals surface area contributed by atoms with Crippen LogP contribution in [0.3, 0.4) is 0 Å². The van der Waals surface area contributed by atoms with Crippen molar-refractivity contribution in [2.75, 3.05) is 13.7 Å². The number of amides is 1. The van der Waals surface area contributed by atoms with E-state index in [1.807, 2.05) is 18.2 Å². The summed E-state index contributed by atoms with van der Waals surface area (Å²) < 4.78 is 0. The van der Waals surface area contributed by atoms with Crippen molar-refractivity contribution in [1.82, 2.24) is 5.06 Å². The van der Waals surface area contributed by atoms with Crippen LogP contribution in [0.4, 0.5) is 0 Å². The molecule has 1 aromatic rings. The zero-order valence-corrected chi connectivity index (χ0v) is 15.9. The summed E-state index contributed by atoms with van der Waals surface area (Å²) in [5.41, 5.74) is 3.10. The van der Waals surface area contributed by atoms with Crippen LogP contribution < -0.4 is 0 Å². The van der Waals surface area contributed by atoms with Crippen molar-refractivity contribution in [3.05, 3.63) is 34.4 Å². The lowest BCUT2D eigenvalue weighted by Crippen LogP contribution is -2.33. The van der Waals surface area contributed by atoms with Gasteiger partial charge in [-0.05, 0) is 34.6 Å². The second-order valence-electron chi connectivity index (χ2n) is 8.52. The van der Waals surface area contributed by atoms with Gasteiger partial charge in [-0.1, -0.05) is 41.5 Å². The highest BCUT2D eigenvalue weighted by atomic mass is 16.7. The van der Waals surface area contributed by atoms with E-state index in [0.29, 0.717) is 18.8 Å². The molecule has 24 heavy (non-hydrogen) atoms. The molecule has 0 atom stereocenters. The van der Waals surface area contributed by atoms with E-state index in [9.17, 15) is 9.90 Å². The number of nitrogens with zero attached hydrogens (tertiary/aromatic N) is 1. The number of phenols is 1. The van der Waals surface area contributed by atoms with Crippen LogP contribution in [-0.2, 0) is 20.5 Å². The number of phenolic OH excluding ortho intramolecular Hbond substituents is 1. The van der Waals surface area contributed by atoms with E-state index in [4.69, 9.17) is 4.84 Å². The molecule has 0 aromatic heterocycles. The monoisotopic (exact) mass is 331 g/mol. The van der Waals surface area contributed by atoms with Crippen molar-refractivity contribution in [1.29, 1.82) is 0 Å². The molecule has 2 rings (SSSR count). The summed E-state index contributed by atoms with van der Waals surface area (Å²) >= 11 is 0. The highest BCUT2D eigenvalue weighted by Crippen LogP contribution is 2.40. The van der Waals surface area contributed by atoms with Crippen LogP contribution in [0.1, 0.15) is 64.7 Å². The van der Waals surface area contributed by atoms with E-state index in [-0.39, 0.29) is 16.7 Å². The number of benzene rings is 1. The molecule has 4 nitrogen and oxygen atoms in total. The second kappa shape index (κ2) is 6.25. The molecule has 0 saturated carbocycles. The lowest BCUT2D eigenvalue weighted by molar-refractivity contribution is -0.180. The van der Waals surface area contributed by atoms with E-state index in [1.165, 1.54) is 5.06 Å². The first-order chi connectivity index (χ1) is 10.9. The van der Waals surface area contributed by atoms with Gasteiger partial charge in [0.2, 0.25) is 0 Å². The normalized spacial score (nSPS) is 18.4. The van der Waals surface area contributed by atoms with Gasteiger partial charge in [0.05, 0.1) is 6.61 Å². The van der Waals surface area contributed by atoms with Crippen LogP contribution in [-0.4, -0.2) is 29.7 Å². The predicted molar refractivity (Wildman–Crippen MR) is 96.8 cm³/mol. The maximum atomic E-state index is 12.2. The lowest BCUT2D eigenvalue weighted by Gasteiger charge is -2.28. The van der Waals surface area contributed by atoms with E-state index < -0.39 is 0 Å². The molecule has 1 aliphatic heterocycles. The first kappa shape index (κ1) is 18.5. The minimum Gasteiger partial charge on any atom is -0.507 e. The van der Waals surface area contributed by atoms with Gasteiger partial charge in [-0.15, -0.1) is 0 Å². The van der Waals surface area contributed by atoms with E-state index in [0.717, 1.165) is 22.3 Å². The maximum Gasteiger partial charge on any atom is 0.273 e. The fourth-order valence-corrected chi connectivity index (χ4v) is 2.88. The summed E-state index contributed by atoms with van der Waals surface area (Å²) in [4.78, 5) is 17.5. The Labute approximate surface area is 145 Å². The highest BCUT2D eigenvalue weighted by Gasteiger charge is 2.27. The van der Waals surface area contributed by atoms with Crippen molar-refractivity contribution < 1.29 is 14.7 Å². The minimum atomic E-state index is -0.185. The van der Waals surface area contributed by atoms with Gasteiger partial charge in [0.1, 0.15) is 5.75 Å². The van der Waals surface area contributed by atoms with Gasteiger partial charge in [0.15, 0.2) is 0 Å². The van der Waals surface area contributed by atoms with E-state index in [2.05, 4.69) is 41.5 Å². The van der Waals surface area contributed by atoms with Crippen LogP contribution in [0.5, 0.6) is 5.75 Å². The summed E-state index contributed by atoms with van der Waals surface area (Å²) in [6.07, 6.45) is 2.52. The summed E-state index contributed by atoms with van der Waals surface area (Å²) in [7, 11) is 1.63. The zero-order valence-electron chi connectivity index (χ0n) is 15.9. The fraction of sp³-hybridized carbons (Fsp3) is 0.550. The van der Waals surface area contributed by atoms with Crippen LogP contribution in [0, 0.1) is 0 Å². The average molecular weight is 331 g/mol. The van der Waals surface area contributed by atoms with E-state index in [1.54, 1.807) is 7.05 Å². The molecule has 1 fully saturated rings. The molecule has 0 bridgehead atoms. The second-order valence-corrected chi connectivity index (χ2v) is 8.52. The summed E-state index contributed by atoms with van der Waals surface area (Å²) in [5.74, 6) is 0.247. The smallest absolute Gasteiger partial charge is 0.273 e. The molecule has 0 aliphatic carbocycles. The molecular weight excluding hydrogens is 302 g/mol. The Morgan fingerprint density at radius 1 is 1.08 bits per heavy atom. The van der Waals surface area contributed by atoms with Gasteiger partial charge in [-0.2, -0.15) is 0 Å². The van der Waals surface area contributed by atoms with Crippen LogP contribution in [0.2, 0.25) is 0 Å². The number of aromatic hydroxyl groups is 1. The van der Waals surface area contributed by atoms with Crippen LogP contribution in [0.25, 0.3) is 6.08 Å². The summed E-state index contributed by atoms with van der Waals surface area (Å²) in [6, 6.07) is 3.97. The molecule has 1 heterocycles. The third-order valence-corrected chi connectivity index (χ3v) is 4.31. The molecule has 1 aliphatic rings. The van der Waals surface area contributed by atoms with Crippen LogP contribution >= 0.6 is 0 Å². The number of rotatable bonds is 1. The van der Waals surface area contributed by atoms with Gasteiger partial charge in [0, 0.05) is 30.2 Å². The predicted octanol–water partition coefficient (Wildman–Crippen LogP) is 4.16. The topological polar surface area (TPSA) is 49.8 Å². The minimum absolute atomic E-state index is 0.107. The number of hydroxylamine groups is 2. The van der Waals surface area contributed by atoms with Gasteiger partial charge >= 0.3 is 0 Å². The summed E-state index contributed by atoms with van der Waals surface area (Å²) in [6.45, 7) is 13.0. The molecule has 0 spiro atoms. The molecule has 1 saturated heterocycles. The van der Waals surface area contributed by atoms with Gasteiger partial charge in [0.25, 0.3) is 5.91 Å². The van der Waals surface area contributed by atoms with Gasteiger partial charge < -0.3 is 5.11 Å². The quantitative estimate of drug-likeness (QED) is 0.786. The fourth-order valence-electron chi connectivity index (χ4n) is 2.88. The zero-order chi connectivity index (χ0) is 18.3. The van der Waals surface area contributed by atoms with Crippen molar-refractivity contribution >= 4 is 12.0 Å². The van der Waals surface area contributed by atoms with Crippen molar-refractivity contribution in [3.63, 3.8) is 0 Å². The molecular formula is C20H29NO3. The third kappa shape index (κ3) is 3.81. The SMILES string of the molecule is CN1OCCC(=Cc2cc(C(C)(C)C)c(O)c(C(C)(C)C)c2)C1=O. The highest BCUT2D eigenvalue weighted by molar-refractivity contribution is 5.97. The molecule has 0 unspecified atom stereocenters. The van der Waals surface area contributed by atoms with Crippen molar-refractivity contribution in [2.24, 2.45) is 0 Å². The number of carbonyl (C=O) groups is 1. The Hall–Kier alpha value is -1.81. The Morgan fingerprint density at radius 3 is 2.04 bits per heavy atom. The molecule has 132 valence electrons. The first-order valence-electron chi connectivity index (χ1n) is 8.41. The van der Waals surface area contributed by atoms with Gasteiger partial charge in [-0.3, -0.25) is 9.63 Å². The first-order valence-corrected chi connectivity index (χ1v) is 8.41. The lowest BCUT2D eigenvalue weighted by atomic mass is 9.78. The standard InChI is InChI=1S/C20H29NO3/c1-19(2,3)15-11-13(12-16(17(15)22)20(4,5)6)10-14-8-9-24-21(7)18(14)23/h10-12,22H,8-9H2,1-7H3. The van der Waals surface area contributed by atoms with E-state index >= 15 is 0 Å². The molecule has 1 amide bonds. The number of hydrogen-bond donors (Lipinski definition) is 1. The molecule has 0 radical (unpaired) electrons. The molecule has 1 aromatic carbocycles. The third-order valence-electron chi connectivity index (χ3n) is 4.31.